The molecule has 4 atom stereocenters. The number of para-hydroxylation sites is 1. The zero-order valence-electron chi connectivity index (χ0n) is 13.9. The van der Waals surface area contributed by atoms with E-state index < -0.39 is 0 Å². The Hall–Kier alpha value is -2.02. The second-order valence-corrected chi connectivity index (χ2v) is 7.55. The summed E-state index contributed by atoms with van der Waals surface area (Å²) in [5.41, 5.74) is 7.64. The molecule has 4 unspecified atom stereocenters. The number of fused-ring (bicyclic) bond motifs is 1. The van der Waals surface area contributed by atoms with E-state index in [9.17, 15) is 4.79 Å². The van der Waals surface area contributed by atoms with Gasteiger partial charge in [-0.05, 0) is 36.8 Å². The van der Waals surface area contributed by atoms with Crippen molar-refractivity contribution in [2.75, 3.05) is 5.75 Å². The van der Waals surface area contributed by atoms with E-state index >= 15 is 0 Å². The summed E-state index contributed by atoms with van der Waals surface area (Å²) in [7, 11) is 0. The van der Waals surface area contributed by atoms with E-state index in [1.807, 2.05) is 42.5 Å². The predicted molar refractivity (Wildman–Crippen MR) is 99.3 cm³/mol. The Morgan fingerprint density at radius 2 is 1.84 bits per heavy atom. The smallest absolute Gasteiger partial charge is 0.231 e. The van der Waals surface area contributed by atoms with E-state index in [1.54, 1.807) is 11.8 Å². The van der Waals surface area contributed by atoms with Crippen molar-refractivity contribution in [3.05, 3.63) is 60.2 Å². The Morgan fingerprint density at radius 1 is 1.04 bits per heavy atom. The summed E-state index contributed by atoms with van der Waals surface area (Å²) in [4.78, 5) is 12.0. The van der Waals surface area contributed by atoms with Crippen LogP contribution >= 0.6 is 11.8 Å². The van der Waals surface area contributed by atoms with Crippen molar-refractivity contribution in [2.45, 2.75) is 24.4 Å². The molecule has 6 heteroatoms. The molecule has 3 N–H and O–H groups in total. The van der Waals surface area contributed by atoms with Crippen LogP contribution < -0.4 is 20.9 Å². The van der Waals surface area contributed by atoms with Crippen molar-refractivity contribution < 1.29 is 9.53 Å². The molecule has 2 fully saturated rings. The van der Waals surface area contributed by atoms with Gasteiger partial charge in [0.1, 0.15) is 11.5 Å². The number of thioether (sulfide) groups is 1. The fourth-order valence-electron chi connectivity index (χ4n) is 3.46. The van der Waals surface area contributed by atoms with Gasteiger partial charge in [0, 0.05) is 17.2 Å². The van der Waals surface area contributed by atoms with Gasteiger partial charge in [-0.25, -0.2) is 5.43 Å². The van der Waals surface area contributed by atoms with Gasteiger partial charge in [-0.1, -0.05) is 30.3 Å². The SMILES string of the molecule is CC1NNC2NC(=O)CSC(c3cccc(Oc4ccccc4)c3)C12. The van der Waals surface area contributed by atoms with Gasteiger partial charge in [0.05, 0.1) is 11.9 Å². The number of rotatable bonds is 3. The summed E-state index contributed by atoms with van der Waals surface area (Å²) in [6.07, 6.45) is -0.0544. The molecule has 0 radical (unpaired) electrons. The van der Waals surface area contributed by atoms with Crippen molar-refractivity contribution in [3.8, 4) is 11.5 Å². The van der Waals surface area contributed by atoms with E-state index in [1.165, 1.54) is 5.56 Å². The largest absolute Gasteiger partial charge is 0.457 e. The number of hydrogen-bond donors (Lipinski definition) is 3. The molecule has 0 spiro atoms. The molecular weight excluding hydrogens is 334 g/mol. The minimum absolute atomic E-state index is 0.0544. The third kappa shape index (κ3) is 3.51. The van der Waals surface area contributed by atoms with Crippen molar-refractivity contribution in [1.82, 2.24) is 16.2 Å². The first-order valence-electron chi connectivity index (χ1n) is 8.45. The molecule has 0 bridgehead atoms. The highest BCUT2D eigenvalue weighted by Crippen LogP contribution is 2.42. The lowest BCUT2D eigenvalue weighted by Gasteiger charge is -2.27. The van der Waals surface area contributed by atoms with Crippen molar-refractivity contribution in [3.63, 3.8) is 0 Å². The number of ether oxygens (including phenoxy) is 1. The van der Waals surface area contributed by atoms with Gasteiger partial charge in [-0.3, -0.25) is 10.2 Å². The lowest BCUT2D eigenvalue weighted by atomic mass is 9.91. The third-order valence-electron chi connectivity index (χ3n) is 4.65. The lowest BCUT2D eigenvalue weighted by molar-refractivity contribution is -0.119. The second kappa shape index (κ2) is 7.07. The van der Waals surface area contributed by atoms with Crippen molar-refractivity contribution >= 4 is 17.7 Å². The molecule has 1 amide bonds. The van der Waals surface area contributed by atoms with Gasteiger partial charge in [0.25, 0.3) is 0 Å². The average Bonchev–Trinajstić information content (AvgIpc) is 2.88. The molecule has 2 heterocycles. The number of carbonyl (C=O) groups excluding carboxylic acids is 1. The lowest BCUT2D eigenvalue weighted by Crippen LogP contribution is -2.46. The molecule has 4 rings (SSSR count). The topological polar surface area (TPSA) is 62.4 Å². The monoisotopic (exact) mass is 355 g/mol. The first kappa shape index (κ1) is 16.4. The number of amides is 1. The molecule has 25 heavy (non-hydrogen) atoms. The van der Waals surface area contributed by atoms with E-state index in [0.29, 0.717) is 5.75 Å². The summed E-state index contributed by atoms with van der Waals surface area (Å²) >= 11 is 1.69. The van der Waals surface area contributed by atoms with E-state index in [2.05, 4.69) is 35.2 Å². The molecule has 5 nitrogen and oxygen atoms in total. The highest BCUT2D eigenvalue weighted by Gasteiger charge is 2.42. The molecule has 2 aromatic rings. The highest BCUT2D eigenvalue weighted by atomic mass is 32.2. The summed E-state index contributed by atoms with van der Waals surface area (Å²) in [6, 6.07) is 18.2. The maximum atomic E-state index is 12.0. The van der Waals surface area contributed by atoms with Gasteiger partial charge in [0.2, 0.25) is 5.91 Å². The maximum absolute atomic E-state index is 12.0. The molecule has 0 saturated carbocycles. The molecule has 130 valence electrons. The van der Waals surface area contributed by atoms with E-state index in [4.69, 9.17) is 4.74 Å². The van der Waals surface area contributed by atoms with Crippen LogP contribution in [0.5, 0.6) is 11.5 Å². The Bertz CT molecular complexity index is 755. The fourth-order valence-corrected chi connectivity index (χ4v) is 4.83. The number of benzene rings is 2. The van der Waals surface area contributed by atoms with Gasteiger partial charge in [0.15, 0.2) is 0 Å². The first-order chi connectivity index (χ1) is 12.2. The molecular formula is C19H21N3O2S. The normalized spacial score (nSPS) is 28.8. The number of hydrazine groups is 1. The molecule has 2 saturated heterocycles. The van der Waals surface area contributed by atoms with Crippen LogP contribution in [0.4, 0.5) is 0 Å². The van der Waals surface area contributed by atoms with Crippen LogP contribution in [0.25, 0.3) is 0 Å². The van der Waals surface area contributed by atoms with Crippen LogP contribution in [-0.2, 0) is 4.79 Å². The van der Waals surface area contributed by atoms with Crippen LogP contribution in [0.1, 0.15) is 17.7 Å². The Kier molecular flexibility index (Phi) is 4.65. The third-order valence-corrected chi connectivity index (χ3v) is 6.03. The van der Waals surface area contributed by atoms with Gasteiger partial charge in [-0.2, -0.15) is 0 Å². The van der Waals surface area contributed by atoms with Crippen LogP contribution in [0, 0.1) is 5.92 Å². The Labute approximate surface area is 151 Å². The van der Waals surface area contributed by atoms with Crippen molar-refractivity contribution in [1.29, 1.82) is 0 Å². The van der Waals surface area contributed by atoms with Crippen molar-refractivity contribution in [2.24, 2.45) is 5.92 Å². The summed E-state index contributed by atoms with van der Waals surface area (Å²) in [5, 5.41) is 3.27. The Morgan fingerprint density at radius 3 is 2.68 bits per heavy atom. The average molecular weight is 355 g/mol. The van der Waals surface area contributed by atoms with Gasteiger partial charge in [-0.15, -0.1) is 11.8 Å². The molecule has 2 aliphatic rings. The quantitative estimate of drug-likeness (QED) is 0.790. The number of nitrogens with one attached hydrogen (secondary N) is 3. The first-order valence-corrected chi connectivity index (χ1v) is 9.50. The Balaban J connectivity index is 1.61. The summed E-state index contributed by atoms with van der Waals surface area (Å²) in [6.45, 7) is 2.15. The van der Waals surface area contributed by atoms with Crippen LogP contribution in [0.2, 0.25) is 0 Å². The van der Waals surface area contributed by atoms with Gasteiger partial charge >= 0.3 is 0 Å². The number of hydrogen-bond acceptors (Lipinski definition) is 5. The fraction of sp³-hybridized carbons (Fsp3) is 0.316. The van der Waals surface area contributed by atoms with Crippen LogP contribution in [-0.4, -0.2) is 23.9 Å². The maximum Gasteiger partial charge on any atom is 0.231 e. The van der Waals surface area contributed by atoms with Crippen LogP contribution in [0.15, 0.2) is 54.6 Å². The second-order valence-electron chi connectivity index (χ2n) is 6.42. The predicted octanol–water partition coefficient (Wildman–Crippen LogP) is 2.82. The highest BCUT2D eigenvalue weighted by molar-refractivity contribution is 8.00. The molecule has 2 aliphatic heterocycles. The zero-order chi connectivity index (χ0) is 17.2. The standard InChI is InChI=1S/C19H21N3O2S/c1-12-17-18(25-11-16(23)20-19(17)22-21-12)13-6-5-9-15(10-13)24-14-7-3-2-4-8-14/h2-10,12,17-19,21-22H,11H2,1H3,(H,20,23). The zero-order valence-corrected chi connectivity index (χ0v) is 14.8. The minimum atomic E-state index is -0.0544. The van der Waals surface area contributed by atoms with Gasteiger partial charge < -0.3 is 10.1 Å². The summed E-state index contributed by atoms with van der Waals surface area (Å²) < 4.78 is 5.98. The number of carbonyl (C=O) groups is 1. The molecule has 2 aromatic carbocycles. The van der Waals surface area contributed by atoms with E-state index in [0.717, 1.165) is 11.5 Å². The van der Waals surface area contributed by atoms with E-state index in [-0.39, 0.29) is 29.3 Å². The van der Waals surface area contributed by atoms with Crippen LogP contribution in [0.3, 0.4) is 0 Å². The molecule has 0 aliphatic carbocycles. The summed E-state index contributed by atoms with van der Waals surface area (Å²) in [5.74, 6) is 2.44. The minimum Gasteiger partial charge on any atom is -0.457 e. The molecule has 0 aromatic heterocycles.